The van der Waals surface area contributed by atoms with E-state index in [4.69, 9.17) is 22.4 Å². The Kier molecular flexibility index (Phi) is 2.63. The highest BCUT2D eigenvalue weighted by atomic mass is 35.5. The van der Waals surface area contributed by atoms with Gasteiger partial charge in [0.05, 0.1) is 6.61 Å². The molecule has 1 aromatic heterocycles. The molecular weight excluding hydrogens is 218 g/mol. The van der Waals surface area contributed by atoms with Crippen molar-refractivity contribution in [1.29, 1.82) is 0 Å². The van der Waals surface area contributed by atoms with Gasteiger partial charge in [0.2, 0.25) is 0 Å². The molecule has 1 aromatic carbocycles. The average molecular weight is 228 g/mol. The second-order valence-electron chi connectivity index (χ2n) is 3.11. The van der Waals surface area contributed by atoms with Gasteiger partial charge in [-0.3, -0.25) is 0 Å². The molecule has 0 aliphatic carbocycles. The van der Waals surface area contributed by atoms with E-state index in [2.05, 4.69) is 0 Å². The van der Waals surface area contributed by atoms with E-state index in [1.807, 2.05) is 17.5 Å². The predicted octanol–water partition coefficient (Wildman–Crippen LogP) is 2.71. The van der Waals surface area contributed by atoms with Gasteiger partial charge in [0.1, 0.15) is 0 Å². The molecular formula is C10H10ClNOS. The van der Waals surface area contributed by atoms with E-state index in [9.17, 15) is 0 Å². The maximum absolute atomic E-state index is 9.11. The second kappa shape index (κ2) is 3.77. The number of nitrogen functional groups attached to an aromatic ring is 1. The third-order valence-electron chi connectivity index (χ3n) is 2.17. The summed E-state index contributed by atoms with van der Waals surface area (Å²) < 4.78 is 1.12. The lowest BCUT2D eigenvalue weighted by molar-refractivity contribution is 0.284. The molecule has 0 saturated heterocycles. The van der Waals surface area contributed by atoms with Crippen molar-refractivity contribution in [3.8, 4) is 0 Å². The molecule has 74 valence electrons. The number of halogens is 1. The van der Waals surface area contributed by atoms with E-state index in [-0.39, 0.29) is 6.61 Å². The van der Waals surface area contributed by atoms with E-state index in [1.54, 1.807) is 11.3 Å². The minimum absolute atomic E-state index is 0.0468. The van der Waals surface area contributed by atoms with Gasteiger partial charge in [-0.25, -0.2) is 0 Å². The number of rotatable bonds is 2. The van der Waals surface area contributed by atoms with Gasteiger partial charge in [-0.05, 0) is 28.6 Å². The first kappa shape index (κ1) is 9.77. The molecule has 0 atom stereocenters. The van der Waals surface area contributed by atoms with E-state index in [0.717, 1.165) is 21.2 Å². The van der Waals surface area contributed by atoms with Crippen molar-refractivity contribution in [2.75, 3.05) is 5.73 Å². The van der Waals surface area contributed by atoms with Crippen LogP contribution in [0.5, 0.6) is 0 Å². The predicted molar refractivity (Wildman–Crippen MR) is 61.7 cm³/mol. The number of fused-ring (bicyclic) bond motifs is 1. The molecule has 0 fully saturated rings. The van der Waals surface area contributed by atoms with Crippen LogP contribution >= 0.6 is 22.9 Å². The highest BCUT2D eigenvalue weighted by molar-refractivity contribution is 7.17. The Morgan fingerprint density at radius 2 is 2.14 bits per heavy atom. The van der Waals surface area contributed by atoms with Crippen LogP contribution in [0.3, 0.4) is 0 Å². The lowest BCUT2D eigenvalue weighted by Gasteiger charge is -2.01. The molecule has 0 aliphatic heterocycles. The van der Waals surface area contributed by atoms with Crippen molar-refractivity contribution in [2.45, 2.75) is 12.5 Å². The van der Waals surface area contributed by atoms with Crippen molar-refractivity contribution in [1.82, 2.24) is 0 Å². The van der Waals surface area contributed by atoms with E-state index < -0.39 is 0 Å². The van der Waals surface area contributed by atoms with Crippen molar-refractivity contribution >= 4 is 38.7 Å². The molecule has 2 nitrogen and oxygen atoms in total. The molecule has 0 aliphatic rings. The number of aliphatic hydroxyl groups is 1. The number of hydrogen-bond acceptors (Lipinski definition) is 3. The molecule has 2 aromatic rings. The van der Waals surface area contributed by atoms with Crippen LogP contribution in [0.25, 0.3) is 10.1 Å². The van der Waals surface area contributed by atoms with Gasteiger partial charge in [-0.1, -0.05) is 0 Å². The van der Waals surface area contributed by atoms with Crippen LogP contribution in [-0.2, 0) is 12.5 Å². The molecule has 0 unspecified atom stereocenters. The van der Waals surface area contributed by atoms with Crippen LogP contribution in [0.15, 0.2) is 17.5 Å². The Morgan fingerprint density at radius 1 is 1.36 bits per heavy atom. The highest BCUT2D eigenvalue weighted by Crippen LogP contribution is 2.32. The van der Waals surface area contributed by atoms with Gasteiger partial charge < -0.3 is 10.8 Å². The van der Waals surface area contributed by atoms with Crippen molar-refractivity contribution < 1.29 is 5.11 Å². The molecule has 0 saturated carbocycles. The Bertz CT molecular complexity index is 466. The van der Waals surface area contributed by atoms with E-state index in [0.29, 0.717) is 11.6 Å². The summed E-state index contributed by atoms with van der Waals surface area (Å²) in [6, 6.07) is 3.76. The van der Waals surface area contributed by atoms with Crippen molar-refractivity contribution in [2.24, 2.45) is 0 Å². The third kappa shape index (κ3) is 1.47. The van der Waals surface area contributed by atoms with Crippen molar-refractivity contribution in [3.63, 3.8) is 0 Å². The SMILES string of the molecule is Nc1cc(CCl)c2scc(CO)c2c1. The first-order valence-corrected chi connectivity index (χ1v) is 5.63. The first-order chi connectivity index (χ1) is 6.76. The number of thiophene rings is 1. The Balaban J connectivity index is 2.76. The first-order valence-electron chi connectivity index (χ1n) is 4.21. The summed E-state index contributed by atoms with van der Waals surface area (Å²) in [6.45, 7) is 0.0468. The minimum Gasteiger partial charge on any atom is -0.399 e. The largest absolute Gasteiger partial charge is 0.399 e. The Morgan fingerprint density at radius 3 is 2.79 bits per heavy atom. The quantitative estimate of drug-likeness (QED) is 0.612. The van der Waals surface area contributed by atoms with Crippen molar-refractivity contribution in [3.05, 3.63) is 28.6 Å². The molecule has 0 bridgehead atoms. The van der Waals surface area contributed by atoms with Crippen LogP contribution in [-0.4, -0.2) is 5.11 Å². The number of benzene rings is 1. The van der Waals surface area contributed by atoms with Crippen LogP contribution in [0, 0.1) is 0 Å². The maximum Gasteiger partial charge on any atom is 0.0696 e. The second-order valence-corrected chi connectivity index (χ2v) is 4.26. The van der Waals surface area contributed by atoms with Gasteiger partial charge in [0.15, 0.2) is 0 Å². The van der Waals surface area contributed by atoms with Gasteiger partial charge >= 0.3 is 0 Å². The van der Waals surface area contributed by atoms with Crippen LogP contribution in [0.2, 0.25) is 0 Å². The van der Waals surface area contributed by atoms with Gasteiger partial charge in [-0.15, -0.1) is 22.9 Å². The van der Waals surface area contributed by atoms with Gasteiger partial charge in [0, 0.05) is 21.7 Å². The number of alkyl halides is 1. The van der Waals surface area contributed by atoms with Crippen LogP contribution in [0.1, 0.15) is 11.1 Å². The van der Waals surface area contributed by atoms with Gasteiger partial charge in [-0.2, -0.15) is 0 Å². The monoisotopic (exact) mass is 227 g/mol. The molecule has 2 rings (SSSR count). The molecule has 3 N–H and O–H groups in total. The summed E-state index contributed by atoms with van der Waals surface area (Å²) in [5.41, 5.74) is 8.40. The fraction of sp³-hybridized carbons (Fsp3) is 0.200. The molecule has 0 amide bonds. The van der Waals surface area contributed by atoms with Crippen LogP contribution < -0.4 is 5.73 Å². The van der Waals surface area contributed by atoms with Gasteiger partial charge in [0.25, 0.3) is 0 Å². The lowest BCUT2D eigenvalue weighted by Crippen LogP contribution is -1.88. The van der Waals surface area contributed by atoms with E-state index >= 15 is 0 Å². The third-order valence-corrected chi connectivity index (χ3v) is 3.58. The summed E-state index contributed by atoms with van der Waals surface area (Å²) in [5, 5.41) is 12.1. The molecule has 14 heavy (non-hydrogen) atoms. The zero-order valence-corrected chi connectivity index (χ0v) is 9.03. The minimum atomic E-state index is 0.0468. The molecule has 0 spiro atoms. The summed E-state index contributed by atoms with van der Waals surface area (Å²) in [7, 11) is 0. The summed E-state index contributed by atoms with van der Waals surface area (Å²) in [6.07, 6.45) is 0. The molecule has 1 heterocycles. The highest BCUT2D eigenvalue weighted by Gasteiger charge is 2.07. The smallest absolute Gasteiger partial charge is 0.0696 e. The number of nitrogens with two attached hydrogens (primary N) is 1. The topological polar surface area (TPSA) is 46.2 Å². The fourth-order valence-electron chi connectivity index (χ4n) is 1.51. The van der Waals surface area contributed by atoms with E-state index in [1.165, 1.54) is 0 Å². The summed E-state index contributed by atoms with van der Waals surface area (Å²) in [4.78, 5) is 0. The fourth-order valence-corrected chi connectivity index (χ4v) is 2.86. The number of aliphatic hydroxyl groups excluding tert-OH is 1. The molecule has 0 radical (unpaired) electrons. The summed E-state index contributed by atoms with van der Waals surface area (Å²) >= 11 is 7.42. The normalized spacial score (nSPS) is 11.0. The Hall–Kier alpha value is -0.770. The average Bonchev–Trinajstić information content (AvgIpc) is 2.59. The Labute approximate surface area is 90.9 Å². The summed E-state index contributed by atoms with van der Waals surface area (Å²) in [5.74, 6) is 0.451. The van der Waals surface area contributed by atoms with Crippen LogP contribution in [0.4, 0.5) is 5.69 Å². The zero-order chi connectivity index (χ0) is 10.1. The number of hydrogen-bond donors (Lipinski definition) is 2. The zero-order valence-electron chi connectivity index (χ0n) is 7.46. The standard InChI is InChI=1S/C10H10ClNOS/c11-3-6-1-8(12)2-9-7(4-13)5-14-10(6)9/h1-2,5,13H,3-4,12H2. The lowest BCUT2D eigenvalue weighted by atomic mass is 10.1. The molecule has 4 heteroatoms. The number of anilines is 1. The maximum atomic E-state index is 9.11.